The first-order valence-corrected chi connectivity index (χ1v) is 9.43. The fraction of sp³-hybridized carbons (Fsp3) is 0.182. The molecule has 5 nitrogen and oxygen atoms in total. The maximum Gasteiger partial charge on any atom is 0.161 e. The highest BCUT2D eigenvalue weighted by molar-refractivity contribution is 6.30. The van der Waals surface area contributed by atoms with Gasteiger partial charge in [-0.2, -0.15) is 0 Å². The highest BCUT2D eigenvalue weighted by Crippen LogP contribution is 2.26. The number of nitrogens with zero attached hydrogens (tertiary/aromatic N) is 3. The van der Waals surface area contributed by atoms with Crippen LogP contribution in [0.25, 0.3) is 22.4 Å². The summed E-state index contributed by atoms with van der Waals surface area (Å²) in [6.07, 6.45) is 1.89. The molecule has 0 saturated carbocycles. The summed E-state index contributed by atoms with van der Waals surface area (Å²) in [6, 6.07) is 17.4. The molecule has 0 fully saturated rings. The average Bonchev–Trinajstić information content (AvgIpc) is 3.03. The van der Waals surface area contributed by atoms with Crippen LogP contribution in [0.2, 0.25) is 5.02 Å². The van der Waals surface area contributed by atoms with E-state index >= 15 is 0 Å². The Morgan fingerprint density at radius 1 is 1.07 bits per heavy atom. The summed E-state index contributed by atoms with van der Waals surface area (Å²) in [5, 5.41) is 1.67. The molecule has 0 spiro atoms. The largest absolute Gasteiger partial charge is 0.487 e. The van der Waals surface area contributed by atoms with Crippen molar-refractivity contribution < 1.29 is 4.74 Å². The van der Waals surface area contributed by atoms with Crippen molar-refractivity contribution in [2.24, 2.45) is 0 Å². The van der Waals surface area contributed by atoms with Crippen LogP contribution in [0.4, 0.5) is 0 Å². The van der Waals surface area contributed by atoms with E-state index in [-0.39, 0.29) is 0 Å². The molecule has 0 unspecified atom stereocenters. The van der Waals surface area contributed by atoms with E-state index in [0.717, 1.165) is 40.1 Å². The molecular formula is C22H21ClN4O. The van der Waals surface area contributed by atoms with Crippen LogP contribution in [0.5, 0.6) is 5.75 Å². The van der Waals surface area contributed by atoms with Gasteiger partial charge in [0.25, 0.3) is 0 Å². The lowest BCUT2D eigenvalue weighted by Gasteiger charge is -2.12. The lowest BCUT2D eigenvalue weighted by Crippen LogP contribution is -2.12. The van der Waals surface area contributed by atoms with Gasteiger partial charge in [0, 0.05) is 34.3 Å². The molecule has 0 bridgehead atoms. The number of aromatic nitrogens is 3. The predicted molar refractivity (Wildman–Crippen MR) is 112 cm³/mol. The van der Waals surface area contributed by atoms with Crippen LogP contribution in [0.15, 0.2) is 60.8 Å². The highest BCUT2D eigenvalue weighted by Gasteiger charge is 2.15. The Bertz CT molecular complexity index is 1090. The maximum absolute atomic E-state index is 6.05. The fourth-order valence-electron chi connectivity index (χ4n) is 3.14. The normalized spacial score (nSPS) is 11.3. The molecule has 1 N–H and O–H groups in total. The number of rotatable bonds is 6. The first-order chi connectivity index (χ1) is 13.6. The van der Waals surface area contributed by atoms with E-state index in [2.05, 4.69) is 14.9 Å². The molecular weight excluding hydrogens is 372 g/mol. The molecule has 0 atom stereocenters. The number of hydrogen-bond donors (Lipinski definition) is 1. The SMILES string of the molecule is CN(C)Cc1c(COc2cccc(Cl)c2)[nH]c2nc(-c3ccccc3)ncc12. The number of benzene rings is 2. The smallest absolute Gasteiger partial charge is 0.161 e. The summed E-state index contributed by atoms with van der Waals surface area (Å²) in [7, 11) is 4.08. The Morgan fingerprint density at radius 3 is 2.64 bits per heavy atom. The van der Waals surface area contributed by atoms with Gasteiger partial charge in [-0.15, -0.1) is 0 Å². The maximum atomic E-state index is 6.05. The molecule has 142 valence electrons. The molecule has 4 rings (SSSR count). The summed E-state index contributed by atoms with van der Waals surface area (Å²) in [5.74, 6) is 1.44. The van der Waals surface area contributed by atoms with Crippen molar-refractivity contribution >= 4 is 22.6 Å². The number of aromatic amines is 1. The molecule has 6 heteroatoms. The van der Waals surface area contributed by atoms with Crippen molar-refractivity contribution in [3.05, 3.63) is 77.1 Å². The number of ether oxygens (including phenoxy) is 1. The van der Waals surface area contributed by atoms with E-state index in [4.69, 9.17) is 21.3 Å². The third-order valence-corrected chi connectivity index (χ3v) is 4.67. The fourth-order valence-corrected chi connectivity index (χ4v) is 3.32. The molecule has 2 aromatic carbocycles. The van der Waals surface area contributed by atoms with E-state index in [0.29, 0.717) is 17.5 Å². The summed E-state index contributed by atoms with van der Waals surface area (Å²) in [5.41, 5.74) is 3.94. The Balaban J connectivity index is 1.69. The van der Waals surface area contributed by atoms with Crippen LogP contribution < -0.4 is 4.74 Å². The van der Waals surface area contributed by atoms with Crippen molar-refractivity contribution in [3.63, 3.8) is 0 Å². The van der Waals surface area contributed by atoms with E-state index in [9.17, 15) is 0 Å². The van der Waals surface area contributed by atoms with Gasteiger partial charge in [-0.1, -0.05) is 48.0 Å². The standard InChI is InChI=1S/C22H21ClN4O/c1-27(2)13-19-18-12-24-21(15-7-4-3-5-8-15)26-22(18)25-20(19)14-28-17-10-6-9-16(23)11-17/h3-12H,13-14H2,1-2H3,(H,24,25,26). The lowest BCUT2D eigenvalue weighted by atomic mass is 10.1. The lowest BCUT2D eigenvalue weighted by molar-refractivity contribution is 0.298. The van der Waals surface area contributed by atoms with Crippen molar-refractivity contribution in [2.75, 3.05) is 14.1 Å². The zero-order chi connectivity index (χ0) is 19.5. The van der Waals surface area contributed by atoms with Crippen molar-refractivity contribution in [2.45, 2.75) is 13.2 Å². The molecule has 0 aliphatic heterocycles. The first-order valence-electron chi connectivity index (χ1n) is 9.05. The molecule has 0 amide bonds. The molecule has 2 heterocycles. The topological polar surface area (TPSA) is 54.0 Å². The number of fused-ring (bicyclic) bond motifs is 1. The van der Waals surface area contributed by atoms with Crippen LogP contribution in [-0.2, 0) is 13.2 Å². The molecule has 0 aliphatic rings. The highest BCUT2D eigenvalue weighted by atomic mass is 35.5. The first kappa shape index (κ1) is 18.5. The van der Waals surface area contributed by atoms with Crippen LogP contribution >= 0.6 is 11.6 Å². The van der Waals surface area contributed by atoms with Crippen molar-refractivity contribution in [1.29, 1.82) is 0 Å². The van der Waals surface area contributed by atoms with Crippen molar-refractivity contribution in [3.8, 4) is 17.1 Å². The number of halogens is 1. The second-order valence-corrected chi connectivity index (χ2v) is 7.32. The van der Waals surface area contributed by atoms with Gasteiger partial charge in [0.05, 0.1) is 5.69 Å². The van der Waals surface area contributed by atoms with Gasteiger partial charge in [-0.3, -0.25) is 0 Å². The molecule has 0 saturated heterocycles. The molecule has 4 aromatic rings. The molecule has 28 heavy (non-hydrogen) atoms. The third kappa shape index (κ3) is 4.01. The van der Waals surface area contributed by atoms with Crippen LogP contribution in [0.3, 0.4) is 0 Å². The van der Waals surface area contributed by atoms with Gasteiger partial charge < -0.3 is 14.6 Å². The molecule has 2 aromatic heterocycles. The number of H-pyrrole nitrogens is 1. The summed E-state index contributed by atoms with van der Waals surface area (Å²) >= 11 is 6.05. The second kappa shape index (κ2) is 8.00. The predicted octanol–water partition coefficient (Wildman–Crippen LogP) is 4.92. The minimum atomic E-state index is 0.403. The quantitative estimate of drug-likeness (QED) is 0.506. The zero-order valence-electron chi connectivity index (χ0n) is 15.8. The summed E-state index contributed by atoms with van der Waals surface area (Å²) in [6.45, 7) is 1.17. The van der Waals surface area contributed by atoms with E-state index in [1.165, 1.54) is 0 Å². The molecule has 0 radical (unpaired) electrons. The Kier molecular flexibility index (Phi) is 5.28. The number of hydrogen-bond acceptors (Lipinski definition) is 4. The van der Waals surface area contributed by atoms with E-state index in [1.54, 1.807) is 0 Å². The van der Waals surface area contributed by atoms with Gasteiger partial charge in [-0.05, 0) is 32.3 Å². The Morgan fingerprint density at radius 2 is 1.89 bits per heavy atom. The second-order valence-electron chi connectivity index (χ2n) is 6.89. The van der Waals surface area contributed by atoms with Gasteiger partial charge in [0.1, 0.15) is 18.0 Å². The van der Waals surface area contributed by atoms with Crippen LogP contribution in [-0.4, -0.2) is 33.9 Å². The minimum absolute atomic E-state index is 0.403. The number of nitrogens with one attached hydrogen (secondary N) is 1. The minimum Gasteiger partial charge on any atom is -0.487 e. The van der Waals surface area contributed by atoms with E-state index < -0.39 is 0 Å². The third-order valence-electron chi connectivity index (χ3n) is 4.43. The van der Waals surface area contributed by atoms with Gasteiger partial charge in [-0.25, -0.2) is 9.97 Å². The Hall–Kier alpha value is -2.89. The van der Waals surface area contributed by atoms with Gasteiger partial charge in [0.15, 0.2) is 5.82 Å². The Labute approximate surface area is 169 Å². The van der Waals surface area contributed by atoms with Crippen LogP contribution in [0.1, 0.15) is 11.3 Å². The van der Waals surface area contributed by atoms with E-state index in [1.807, 2.05) is 74.9 Å². The summed E-state index contributed by atoms with van der Waals surface area (Å²) in [4.78, 5) is 14.9. The summed E-state index contributed by atoms with van der Waals surface area (Å²) < 4.78 is 5.96. The zero-order valence-corrected chi connectivity index (χ0v) is 16.6. The van der Waals surface area contributed by atoms with Crippen LogP contribution in [0, 0.1) is 0 Å². The van der Waals surface area contributed by atoms with Gasteiger partial charge in [0.2, 0.25) is 0 Å². The molecule has 0 aliphatic carbocycles. The van der Waals surface area contributed by atoms with Gasteiger partial charge >= 0.3 is 0 Å². The van der Waals surface area contributed by atoms with Crippen molar-refractivity contribution in [1.82, 2.24) is 19.9 Å². The average molecular weight is 393 g/mol. The monoisotopic (exact) mass is 392 g/mol.